The predicted molar refractivity (Wildman–Crippen MR) is 109 cm³/mol. The Bertz CT molecular complexity index is 718. The Hall–Kier alpha value is -2.28. The molecule has 2 rings (SSSR count). The second kappa shape index (κ2) is 10.2. The van der Waals surface area contributed by atoms with Crippen molar-refractivity contribution in [1.29, 1.82) is 0 Å². The molecule has 0 aromatic heterocycles. The van der Waals surface area contributed by atoms with E-state index in [1.54, 1.807) is 6.92 Å². The zero-order chi connectivity index (χ0) is 19.8. The molecular formula is C20H28N2O4S. The average Bonchev–Trinajstić information content (AvgIpc) is 2.63. The van der Waals surface area contributed by atoms with E-state index in [9.17, 15) is 4.79 Å². The zero-order valence-electron chi connectivity index (χ0n) is 16.4. The summed E-state index contributed by atoms with van der Waals surface area (Å²) in [5, 5.41) is 6.81. The Kier molecular flexibility index (Phi) is 7.91. The minimum atomic E-state index is -0.408. The fraction of sp³-hybridized carbons (Fsp3) is 0.500. The molecule has 0 unspecified atom stereocenters. The minimum absolute atomic E-state index is 0.312. The van der Waals surface area contributed by atoms with Crippen molar-refractivity contribution in [3.05, 3.63) is 35.0 Å². The molecule has 1 aromatic rings. The van der Waals surface area contributed by atoms with Gasteiger partial charge in [0.15, 0.2) is 16.6 Å². The first-order valence-electron chi connectivity index (χ1n) is 9.42. The van der Waals surface area contributed by atoms with Gasteiger partial charge in [-0.15, -0.1) is 0 Å². The van der Waals surface area contributed by atoms with E-state index in [0.717, 1.165) is 17.7 Å². The SMILES string of the molecule is CCCC1=C(C(=O)OCC)[C@@H](c2ccc(OCC)c(OCC)c2)NC(=S)N1. The summed E-state index contributed by atoms with van der Waals surface area (Å²) in [6.07, 6.45) is 1.59. The maximum atomic E-state index is 12.7. The number of hydrogen-bond acceptors (Lipinski definition) is 5. The van der Waals surface area contributed by atoms with Gasteiger partial charge in [0.2, 0.25) is 0 Å². The average molecular weight is 393 g/mol. The highest BCUT2D eigenvalue weighted by Gasteiger charge is 2.32. The molecule has 148 valence electrons. The third kappa shape index (κ3) is 5.13. The Morgan fingerprint density at radius 3 is 2.41 bits per heavy atom. The van der Waals surface area contributed by atoms with Gasteiger partial charge in [-0.1, -0.05) is 19.4 Å². The van der Waals surface area contributed by atoms with Crippen LogP contribution in [0.1, 0.15) is 52.1 Å². The van der Waals surface area contributed by atoms with Crippen molar-refractivity contribution in [2.45, 2.75) is 46.6 Å². The van der Waals surface area contributed by atoms with Gasteiger partial charge in [-0.2, -0.15) is 0 Å². The molecule has 0 spiro atoms. The predicted octanol–water partition coefficient (Wildman–Crippen LogP) is 3.62. The van der Waals surface area contributed by atoms with Gasteiger partial charge in [-0.05, 0) is 57.1 Å². The number of carbonyl (C=O) groups is 1. The van der Waals surface area contributed by atoms with E-state index < -0.39 is 6.04 Å². The minimum Gasteiger partial charge on any atom is -0.490 e. The van der Waals surface area contributed by atoms with Gasteiger partial charge in [-0.3, -0.25) is 0 Å². The second-order valence-electron chi connectivity index (χ2n) is 5.97. The van der Waals surface area contributed by atoms with Gasteiger partial charge in [-0.25, -0.2) is 4.79 Å². The molecule has 0 amide bonds. The van der Waals surface area contributed by atoms with Gasteiger partial charge in [0.25, 0.3) is 0 Å². The summed E-state index contributed by atoms with van der Waals surface area (Å²) in [4.78, 5) is 12.7. The van der Waals surface area contributed by atoms with Crippen LogP contribution >= 0.6 is 12.2 Å². The summed E-state index contributed by atoms with van der Waals surface area (Å²) in [5.74, 6) is 0.971. The first kappa shape index (κ1) is 21.0. The highest BCUT2D eigenvalue weighted by molar-refractivity contribution is 7.80. The van der Waals surface area contributed by atoms with E-state index in [2.05, 4.69) is 17.6 Å². The van der Waals surface area contributed by atoms with E-state index in [-0.39, 0.29) is 5.97 Å². The van der Waals surface area contributed by atoms with Crippen molar-refractivity contribution < 1.29 is 19.0 Å². The molecule has 0 saturated heterocycles. The van der Waals surface area contributed by atoms with Crippen LogP contribution in [0.15, 0.2) is 29.5 Å². The van der Waals surface area contributed by atoms with Crippen LogP contribution in [0.5, 0.6) is 11.5 Å². The van der Waals surface area contributed by atoms with Gasteiger partial charge < -0.3 is 24.8 Å². The third-order valence-electron chi connectivity index (χ3n) is 4.05. The summed E-state index contributed by atoms with van der Waals surface area (Å²) in [5.41, 5.74) is 2.22. The number of thiocarbonyl (C=S) groups is 1. The summed E-state index contributed by atoms with van der Waals surface area (Å²) in [6.45, 7) is 9.07. The lowest BCUT2D eigenvalue weighted by Crippen LogP contribution is -2.45. The van der Waals surface area contributed by atoms with Crippen LogP contribution in [-0.2, 0) is 9.53 Å². The number of hydrogen-bond donors (Lipinski definition) is 2. The van der Waals surface area contributed by atoms with Gasteiger partial charge in [0.1, 0.15) is 0 Å². The molecule has 0 saturated carbocycles. The molecule has 1 atom stereocenters. The molecule has 7 heteroatoms. The molecule has 0 aliphatic carbocycles. The highest BCUT2D eigenvalue weighted by atomic mass is 32.1. The lowest BCUT2D eigenvalue weighted by atomic mass is 9.93. The van der Waals surface area contributed by atoms with Crippen LogP contribution in [0.3, 0.4) is 0 Å². The standard InChI is InChI=1S/C20H28N2O4S/c1-5-9-14-17(19(23)26-8-4)18(22-20(27)21-14)13-10-11-15(24-6-2)16(12-13)25-7-3/h10-12,18H,5-9H2,1-4H3,(H2,21,22,27)/t18-/m1/s1. The Morgan fingerprint density at radius 2 is 1.78 bits per heavy atom. The Labute approximate surface area is 166 Å². The number of rotatable bonds is 9. The second-order valence-corrected chi connectivity index (χ2v) is 6.37. The van der Waals surface area contributed by atoms with E-state index in [1.807, 2.05) is 32.0 Å². The van der Waals surface area contributed by atoms with E-state index in [0.29, 0.717) is 48.4 Å². The maximum absolute atomic E-state index is 12.7. The molecule has 1 aromatic carbocycles. The van der Waals surface area contributed by atoms with Crippen molar-refractivity contribution in [2.24, 2.45) is 0 Å². The summed E-state index contributed by atoms with van der Waals surface area (Å²) in [6, 6.07) is 5.26. The number of esters is 1. The van der Waals surface area contributed by atoms with Gasteiger partial charge >= 0.3 is 5.97 Å². The third-order valence-corrected chi connectivity index (χ3v) is 4.27. The highest BCUT2D eigenvalue weighted by Crippen LogP contribution is 2.35. The van der Waals surface area contributed by atoms with Gasteiger partial charge in [0.05, 0.1) is 31.4 Å². The van der Waals surface area contributed by atoms with Crippen LogP contribution < -0.4 is 20.1 Å². The monoisotopic (exact) mass is 392 g/mol. The normalized spacial score (nSPS) is 16.4. The van der Waals surface area contributed by atoms with E-state index in [4.69, 9.17) is 26.4 Å². The van der Waals surface area contributed by atoms with Crippen LogP contribution in [0.2, 0.25) is 0 Å². The molecule has 0 radical (unpaired) electrons. The fourth-order valence-electron chi connectivity index (χ4n) is 3.01. The first-order chi connectivity index (χ1) is 13.0. The molecule has 0 fully saturated rings. The molecule has 6 nitrogen and oxygen atoms in total. The maximum Gasteiger partial charge on any atom is 0.338 e. The van der Waals surface area contributed by atoms with Crippen molar-refractivity contribution in [3.63, 3.8) is 0 Å². The Balaban J connectivity index is 2.51. The lowest BCUT2D eigenvalue weighted by molar-refractivity contribution is -0.139. The number of ether oxygens (including phenoxy) is 3. The number of allylic oxidation sites excluding steroid dienone is 1. The number of carbonyl (C=O) groups excluding carboxylic acids is 1. The molecule has 27 heavy (non-hydrogen) atoms. The topological polar surface area (TPSA) is 68.8 Å². The van der Waals surface area contributed by atoms with E-state index >= 15 is 0 Å². The Morgan fingerprint density at radius 1 is 1.07 bits per heavy atom. The fourth-order valence-corrected chi connectivity index (χ4v) is 3.25. The van der Waals surface area contributed by atoms with Crippen molar-refractivity contribution >= 4 is 23.3 Å². The van der Waals surface area contributed by atoms with Crippen LogP contribution in [0, 0.1) is 0 Å². The molecule has 1 heterocycles. The molecule has 1 aliphatic heterocycles. The molecule has 1 aliphatic rings. The summed E-state index contributed by atoms with van der Waals surface area (Å²) in [7, 11) is 0. The van der Waals surface area contributed by atoms with Crippen molar-refractivity contribution in [2.75, 3.05) is 19.8 Å². The first-order valence-corrected chi connectivity index (χ1v) is 9.83. The van der Waals surface area contributed by atoms with Crippen LogP contribution in [0.4, 0.5) is 0 Å². The lowest BCUT2D eigenvalue weighted by Gasteiger charge is -2.31. The summed E-state index contributed by atoms with van der Waals surface area (Å²) >= 11 is 5.37. The zero-order valence-corrected chi connectivity index (χ0v) is 17.2. The number of benzene rings is 1. The molecular weight excluding hydrogens is 364 g/mol. The smallest absolute Gasteiger partial charge is 0.338 e. The summed E-state index contributed by atoms with van der Waals surface area (Å²) < 4.78 is 16.7. The molecule has 0 bridgehead atoms. The quantitative estimate of drug-likeness (QED) is 0.491. The van der Waals surface area contributed by atoms with Crippen LogP contribution in [0.25, 0.3) is 0 Å². The number of nitrogens with one attached hydrogen (secondary N) is 2. The van der Waals surface area contributed by atoms with E-state index in [1.165, 1.54) is 0 Å². The van der Waals surface area contributed by atoms with Gasteiger partial charge in [0, 0.05) is 5.70 Å². The largest absolute Gasteiger partial charge is 0.490 e. The van der Waals surface area contributed by atoms with Crippen molar-refractivity contribution in [3.8, 4) is 11.5 Å². The molecule has 2 N–H and O–H groups in total. The van der Waals surface area contributed by atoms with Crippen LogP contribution in [-0.4, -0.2) is 30.9 Å². The van der Waals surface area contributed by atoms with Crippen molar-refractivity contribution in [1.82, 2.24) is 10.6 Å².